The van der Waals surface area contributed by atoms with Crippen molar-refractivity contribution in [1.82, 2.24) is 0 Å². The van der Waals surface area contributed by atoms with Crippen molar-refractivity contribution in [2.75, 3.05) is 6.61 Å². The van der Waals surface area contributed by atoms with E-state index >= 15 is 0 Å². The zero-order valence-corrected chi connectivity index (χ0v) is 16.6. The number of aliphatic hydroxyl groups excluding tert-OH is 1. The number of alkyl halides is 3. The maximum absolute atomic E-state index is 13.2. The third kappa shape index (κ3) is 4.27. The number of carboxylic acid groups (broad SMARTS) is 1. The van der Waals surface area contributed by atoms with Crippen molar-refractivity contribution in [3.05, 3.63) is 82.9 Å². The van der Waals surface area contributed by atoms with Gasteiger partial charge in [0.25, 0.3) is 0 Å². The molecule has 0 saturated heterocycles. The minimum atomic E-state index is -4.62. The number of ether oxygens (including phenoxy) is 1. The smallest absolute Gasteiger partial charge is 0.416 e. The Morgan fingerprint density at radius 1 is 1.06 bits per heavy atom. The first-order chi connectivity index (χ1) is 15.1. The largest absolute Gasteiger partial charge is 0.508 e. The molecule has 0 spiro atoms. The number of carbonyl (C=O) groups is 1. The molecular formula is C24H19F3O5. The molecule has 0 fully saturated rings. The van der Waals surface area contributed by atoms with Crippen LogP contribution in [0.25, 0.3) is 11.1 Å². The number of carboxylic acids is 1. The maximum atomic E-state index is 13.2. The fourth-order valence-electron chi connectivity index (χ4n) is 3.92. The number of fused-ring (bicyclic) bond motifs is 1. The molecule has 8 heteroatoms. The monoisotopic (exact) mass is 444 g/mol. The van der Waals surface area contributed by atoms with E-state index in [1.165, 1.54) is 18.2 Å². The van der Waals surface area contributed by atoms with Gasteiger partial charge < -0.3 is 20.1 Å². The lowest BCUT2D eigenvalue weighted by atomic mass is 9.87. The quantitative estimate of drug-likeness (QED) is 0.524. The zero-order chi connectivity index (χ0) is 23.0. The van der Waals surface area contributed by atoms with Gasteiger partial charge in [0, 0.05) is 11.5 Å². The van der Waals surface area contributed by atoms with Gasteiger partial charge in [0.1, 0.15) is 11.5 Å². The molecule has 166 valence electrons. The Labute approximate surface area is 181 Å². The Morgan fingerprint density at radius 3 is 2.53 bits per heavy atom. The van der Waals surface area contributed by atoms with Crippen molar-refractivity contribution in [2.24, 2.45) is 5.92 Å². The first kappa shape index (κ1) is 21.7. The Kier molecular flexibility index (Phi) is 5.56. The number of benzene rings is 3. The number of aliphatic hydroxyl groups is 1. The zero-order valence-electron chi connectivity index (χ0n) is 16.6. The van der Waals surface area contributed by atoms with Crippen LogP contribution in [0.3, 0.4) is 0 Å². The number of hydrogen-bond acceptors (Lipinski definition) is 4. The van der Waals surface area contributed by atoms with E-state index in [0.29, 0.717) is 12.0 Å². The van der Waals surface area contributed by atoms with Gasteiger partial charge in [0.2, 0.25) is 0 Å². The normalized spacial score (nSPS) is 18.0. The van der Waals surface area contributed by atoms with Crippen LogP contribution in [-0.2, 0) is 12.6 Å². The van der Waals surface area contributed by atoms with Gasteiger partial charge in [-0.1, -0.05) is 24.3 Å². The van der Waals surface area contributed by atoms with E-state index in [1.54, 1.807) is 18.2 Å². The van der Waals surface area contributed by atoms with Crippen LogP contribution in [0.5, 0.6) is 11.5 Å². The summed E-state index contributed by atoms with van der Waals surface area (Å²) in [6.45, 7) is 0.154. The minimum Gasteiger partial charge on any atom is -0.508 e. The van der Waals surface area contributed by atoms with E-state index < -0.39 is 23.8 Å². The SMILES string of the molecule is O=C(O)c1ccc(C(F)(F)F)cc1-c1ccc2c(c1)OC[C@H](Cc1cccc(O)c1)[C@H]2O. The van der Waals surface area contributed by atoms with Crippen LogP contribution >= 0.6 is 0 Å². The summed E-state index contributed by atoms with van der Waals surface area (Å²) in [5, 5.41) is 29.9. The van der Waals surface area contributed by atoms with Crippen LogP contribution in [0.4, 0.5) is 13.2 Å². The first-order valence-electron chi connectivity index (χ1n) is 9.81. The van der Waals surface area contributed by atoms with Gasteiger partial charge in [-0.3, -0.25) is 0 Å². The van der Waals surface area contributed by atoms with Gasteiger partial charge in [-0.15, -0.1) is 0 Å². The van der Waals surface area contributed by atoms with Crippen LogP contribution in [0.1, 0.15) is 33.2 Å². The Bertz CT molecular complexity index is 1170. The van der Waals surface area contributed by atoms with E-state index in [1.807, 2.05) is 6.07 Å². The second-order valence-electron chi connectivity index (χ2n) is 7.71. The number of aromatic hydroxyl groups is 1. The average molecular weight is 444 g/mol. The third-order valence-electron chi connectivity index (χ3n) is 5.53. The van der Waals surface area contributed by atoms with Crippen molar-refractivity contribution in [2.45, 2.75) is 18.7 Å². The molecule has 5 nitrogen and oxygen atoms in total. The molecule has 1 aliphatic rings. The molecule has 3 aromatic rings. The number of halogens is 3. The van der Waals surface area contributed by atoms with E-state index in [0.717, 1.165) is 23.8 Å². The lowest BCUT2D eigenvalue weighted by molar-refractivity contribution is -0.137. The second-order valence-corrected chi connectivity index (χ2v) is 7.71. The van der Waals surface area contributed by atoms with E-state index in [9.17, 15) is 33.3 Å². The Balaban J connectivity index is 1.67. The molecule has 32 heavy (non-hydrogen) atoms. The Hall–Kier alpha value is -3.52. The molecule has 2 atom stereocenters. The highest BCUT2D eigenvalue weighted by Crippen LogP contribution is 2.41. The van der Waals surface area contributed by atoms with Gasteiger partial charge in [0.05, 0.1) is 23.8 Å². The lowest BCUT2D eigenvalue weighted by Crippen LogP contribution is -2.27. The van der Waals surface area contributed by atoms with Crippen LogP contribution in [0.2, 0.25) is 0 Å². The highest BCUT2D eigenvalue weighted by atomic mass is 19.4. The first-order valence-corrected chi connectivity index (χ1v) is 9.81. The topological polar surface area (TPSA) is 87.0 Å². The van der Waals surface area contributed by atoms with Crippen molar-refractivity contribution in [3.63, 3.8) is 0 Å². The van der Waals surface area contributed by atoms with Crippen LogP contribution in [0.15, 0.2) is 60.7 Å². The van der Waals surface area contributed by atoms with E-state index in [4.69, 9.17) is 4.74 Å². The number of aromatic carboxylic acids is 1. The molecule has 0 aliphatic carbocycles. The highest BCUT2D eigenvalue weighted by molar-refractivity contribution is 5.96. The molecular weight excluding hydrogens is 425 g/mol. The van der Waals surface area contributed by atoms with Crippen molar-refractivity contribution in [1.29, 1.82) is 0 Å². The number of phenols is 1. The fraction of sp³-hybridized carbons (Fsp3) is 0.208. The lowest BCUT2D eigenvalue weighted by Gasteiger charge is -2.31. The summed E-state index contributed by atoms with van der Waals surface area (Å²) in [6.07, 6.45) is -5.06. The minimum absolute atomic E-state index is 0.0879. The second kappa shape index (κ2) is 8.20. The van der Waals surface area contributed by atoms with Gasteiger partial charge in [0.15, 0.2) is 0 Å². The van der Waals surface area contributed by atoms with Gasteiger partial charge in [-0.25, -0.2) is 4.79 Å². The van der Waals surface area contributed by atoms with Crippen molar-refractivity contribution >= 4 is 5.97 Å². The predicted molar refractivity (Wildman–Crippen MR) is 110 cm³/mol. The molecule has 0 saturated carbocycles. The summed E-state index contributed by atoms with van der Waals surface area (Å²) in [5.74, 6) is -1.23. The molecule has 0 unspecified atom stereocenters. The number of rotatable bonds is 4. The average Bonchev–Trinajstić information content (AvgIpc) is 2.74. The van der Waals surface area contributed by atoms with Gasteiger partial charge in [-0.05, 0) is 59.5 Å². The summed E-state index contributed by atoms with van der Waals surface area (Å²) in [4.78, 5) is 11.6. The highest BCUT2D eigenvalue weighted by Gasteiger charge is 2.33. The summed E-state index contributed by atoms with van der Waals surface area (Å²) in [7, 11) is 0. The molecule has 0 aromatic heterocycles. The van der Waals surface area contributed by atoms with Crippen LogP contribution < -0.4 is 4.74 Å². The molecule has 0 bridgehead atoms. The van der Waals surface area contributed by atoms with Crippen LogP contribution in [-0.4, -0.2) is 27.9 Å². The summed E-state index contributed by atoms with van der Waals surface area (Å²) < 4.78 is 45.3. The van der Waals surface area contributed by atoms with Gasteiger partial charge >= 0.3 is 12.1 Å². The maximum Gasteiger partial charge on any atom is 0.416 e. The van der Waals surface area contributed by atoms with E-state index in [-0.39, 0.29) is 40.7 Å². The predicted octanol–water partition coefficient (Wildman–Crippen LogP) is 5.06. The van der Waals surface area contributed by atoms with Crippen LogP contribution in [0, 0.1) is 5.92 Å². The number of hydrogen-bond donors (Lipinski definition) is 3. The molecule has 0 radical (unpaired) electrons. The van der Waals surface area contributed by atoms with E-state index in [2.05, 4.69) is 0 Å². The molecule has 1 heterocycles. The third-order valence-corrected chi connectivity index (χ3v) is 5.53. The van der Waals surface area contributed by atoms with Gasteiger partial charge in [-0.2, -0.15) is 13.2 Å². The summed E-state index contributed by atoms with van der Waals surface area (Å²) in [6, 6.07) is 13.6. The summed E-state index contributed by atoms with van der Waals surface area (Å²) in [5.41, 5.74) is 0.223. The summed E-state index contributed by atoms with van der Waals surface area (Å²) >= 11 is 0. The molecule has 0 amide bonds. The Morgan fingerprint density at radius 2 is 1.84 bits per heavy atom. The van der Waals surface area contributed by atoms with Crippen molar-refractivity contribution in [3.8, 4) is 22.6 Å². The molecule has 4 rings (SSSR count). The van der Waals surface area contributed by atoms with Crippen molar-refractivity contribution < 1.29 is 38.0 Å². The molecule has 3 aromatic carbocycles. The number of phenolic OH excluding ortho intramolecular Hbond substituents is 1. The standard InChI is InChI=1S/C24H19F3O5/c25-24(26,27)16-5-7-18(23(30)31)20(11-16)14-4-6-19-21(10-14)32-12-15(22(19)29)8-13-2-1-3-17(28)9-13/h1-7,9-11,15,22,28-29H,8,12H2,(H,30,31)/t15-,22+/m0/s1. The molecule has 3 N–H and O–H groups in total. The molecule has 1 aliphatic heterocycles. The fourth-order valence-corrected chi connectivity index (χ4v) is 3.92.